The van der Waals surface area contributed by atoms with Crippen LogP contribution in [0.5, 0.6) is 0 Å². The van der Waals surface area contributed by atoms with Gasteiger partial charge in [-0.3, -0.25) is 9.80 Å². The van der Waals surface area contributed by atoms with E-state index in [2.05, 4.69) is 15.0 Å². The van der Waals surface area contributed by atoms with Gasteiger partial charge in [0.15, 0.2) is 5.82 Å². The summed E-state index contributed by atoms with van der Waals surface area (Å²) < 4.78 is 5.59. The number of hydrogen-bond donors (Lipinski definition) is 1. The Morgan fingerprint density at radius 1 is 0.920 bits per heavy atom. The fourth-order valence-electron chi connectivity index (χ4n) is 4.95. The largest absolute Gasteiger partial charge is 0.395 e. The molecule has 1 aromatic heterocycles. The van der Waals surface area contributed by atoms with E-state index >= 15 is 0 Å². The van der Waals surface area contributed by atoms with E-state index in [1.807, 2.05) is 0 Å². The Bertz CT molecular complexity index is 543. The third-order valence-corrected chi connectivity index (χ3v) is 6.44. The third kappa shape index (κ3) is 4.07. The molecular weight excluding hydrogens is 316 g/mol. The van der Waals surface area contributed by atoms with Crippen LogP contribution in [0.4, 0.5) is 0 Å². The SMILES string of the molecule is OCC1CCCN1CC1CCCN1Cc1noc(C2CCCCC2)n1. The molecule has 6 nitrogen and oxygen atoms in total. The molecule has 2 unspecified atom stereocenters. The molecule has 3 fully saturated rings. The summed E-state index contributed by atoms with van der Waals surface area (Å²) >= 11 is 0. The number of hydrogen-bond acceptors (Lipinski definition) is 6. The van der Waals surface area contributed by atoms with Crippen LogP contribution in [-0.2, 0) is 6.54 Å². The fraction of sp³-hybridized carbons (Fsp3) is 0.895. The second-order valence-corrected chi connectivity index (χ2v) is 8.12. The molecule has 0 spiro atoms. The highest BCUT2D eigenvalue weighted by atomic mass is 16.5. The van der Waals surface area contributed by atoms with Crippen molar-refractivity contribution >= 4 is 0 Å². The van der Waals surface area contributed by atoms with Crippen LogP contribution in [0.15, 0.2) is 4.52 Å². The van der Waals surface area contributed by atoms with Gasteiger partial charge < -0.3 is 9.63 Å². The monoisotopic (exact) mass is 348 g/mol. The summed E-state index contributed by atoms with van der Waals surface area (Å²) in [5, 5.41) is 13.8. The molecule has 140 valence electrons. The minimum absolute atomic E-state index is 0.294. The van der Waals surface area contributed by atoms with E-state index in [4.69, 9.17) is 9.51 Å². The van der Waals surface area contributed by atoms with E-state index in [0.717, 1.165) is 44.3 Å². The number of aliphatic hydroxyl groups is 1. The molecule has 1 aliphatic carbocycles. The van der Waals surface area contributed by atoms with Gasteiger partial charge in [-0.15, -0.1) is 0 Å². The average molecular weight is 348 g/mol. The van der Waals surface area contributed by atoms with Crippen LogP contribution >= 0.6 is 0 Å². The Kier molecular flexibility index (Phi) is 5.68. The molecule has 0 aromatic carbocycles. The molecule has 0 radical (unpaired) electrons. The maximum atomic E-state index is 9.55. The quantitative estimate of drug-likeness (QED) is 0.852. The van der Waals surface area contributed by atoms with Crippen LogP contribution in [0.25, 0.3) is 0 Å². The van der Waals surface area contributed by atoms with Gasteiger partial charge in [0.25, 0.3) is 0 Å². The lowest BCUT2D eigenvalue weighted by Gasteiger charge is -2.30. The topological polar surface area (TPSA) is 65.6 Å². The van der Waals surface area contributed by atoms with E-state index in [9.17, 15) is 5.11 Å². The highest BCUT2D eigenvalue weighted by Gasteiger charge is 2.32. The Balaban J connectivity index is 1.34. The predicted octanol–water partition coefficient (Wildman–Crippen LogP) is 2.54. The second-order valence-electron chi connectivity index (χ2n) is 8.12. The van der Waals surface area contributed by atoms with Crippen molar-refractivity contribution < 1.29 is 9.63 Å². The first-order valence-corrected chi connectivity index (χ1v) is 10.2. The molecule has 1 aromatic rings. The molecule has 3 aliphatic rings. The van der Waals surface area contributed by atoms with Gasteiger partial charge in [0.05, 0.1) is 13.2 Å². The summed E-state index contributed by atoms with van der Waals surface area (Å²) in [7, 11) is 0. The molecule has 25 heavy (non-hydrogen) atoms. The zero-order valence-electron chi connectivity index (χ0n) is 15.3. The molecule has 4 rings (SSSR count). The van der Waals surface area contributed by atoms with Crippen molar-refractivity contribution in [2.45, 2.75) is 82.3 Å². The van der Waals surface area contributed by atoms with Crippen LogP contribution in [0.2, 0.25) is 0 Å². The van der Waals surface area contributed by atoms with Gasteiger partial charge >= 0.3 is 0 Å². The molecule has 0 amide bonds. The molecule has 2 aliphatic heterocycles. The van der Waals surface area contributed by atoms with Gasteiger partial charge in [0.1, 0.15) is 0 Å². The fourth-order valence-corrected chi connectivity index (χ4v) is 4.95. The van der Waals surface area contributed by atoms with Crippen molar-refractivity contribution in [3.8, 4) is 0 Å². The lowest BCUT2D eigenvalue weighted by atomic mass is 9.89. The van der Waals surface area contributed by atoms with Gasteiger partial charge in [0, 0.05) is 24.5 Å². The first-order valence-electron chi connectivity index (χ1n) is 10.2. The van der Waals surface area contributed by atoms with Crippen molar-refractivity contribution in [1.29, 1.82) is 0 Å². The minimum Gasteiger partial charge on any atom is -0.395 e. The highest BCUT2D eigenvalue weighted by molar-refractivity contribution is 4.97. The molecule has 3 heterocycles. The van der Waals surface area contributed by atoms with E-state index in [0.29, 0.717) is 24.6 Å². The summed E-state index contributed by atoms with van der Waals surface area (Å²) in [6.45, 7) is 4.42. The van der Waals surface area contributed by atoms with Crippen molar-refractivity contribution in [2.24, 2.45) is 0 Å². The van der Waals surface area contributed by atoms with E-state index in [1.165, 1.54) is 51.4 Å². The van der Waals surface area contributed by atoms with Gasteiger partial charge in [-0.05, 0) is 51.6 Å². The summed E-state index contributed by atoms with van der Waals surface area (Å²) in [5.74, 6) is 2.21. The summed E-state index contributed by atoms with van der Waals surface area (Å²) in [6, 6.07) is 0.925. The van der Waals surface area contributed by atoms with Crippen molar-refractivity contribution in [3.05, 3.63) is 11.7 Å². The van der Waals surface area contributed by atoms with Crippen LogP contribution in [0.1, 0.15) is 75.4 Å². The Morgan fingerprint density at radius 3 is 2.48 bits per heavy atom. The van der Waals surface area contributed by atoms with Gasteiger partial charge in [0.2, 0.25) is 5.89 Å². The Morgan fingerprint density at radius 2 is 1.68 bits per heavy atom. The van der Waals surface area contributed by atoms with Crippen LogP contribution < -0.4 is 0 Å². The molecule has 0 bridgehead atoms. The number of nitrogens with zero attached hydrogens (tertiary/aromatic N) is 4. The van der Waals surface area contributed by atoms with E-state index in [1.54, 1.807) is 0 Å². The second kappa shape index (κ2) is 8.14. The third-order valence-electron chi connectivity index (χ3n) is 6.44. The summed E-state index contributed by atoms with van der Waals surface area (Å²) in [4.78, 5) is 9.72. The molecule has 6 heteroatoms. The molecule has 1 N–H and O–H groups in total. The summed E-state index contributed by atoms with van der Waals surface area (Å²) in [6.07, 6.45) is 11.2. The van der Waals surface area contributed by atoms with Gasteiger partial charge in [-0.1, -0.05) is 24.4 Å². The minimum atomic E-state index is 0.294. The van der Waals surface area contributed by atoms with Gasteiger partial charge in [-0.2, -0.15) is 4.98 Å². The molecular formula is C19H32N4O2. The van der Waals surface area contributed by atoms with Gasteiger partial charge in [-0.25, -0.2) is 0 Å². The smallest absolute Gasteiger partial charge is 0.229 e. The normalized spacial score (nSPS) is 29.6. The van der Waals surface area contributed by atoms with Crippen molar-refractivity contribution in [1.82, 2.24) is 19.9 Å². The lowest BCUT2D eigenvalue weighted by Crippen LogP contribution is -2.43. The van der Waals surface area contributed by atoms with E-state index < -0.39 is 0 Å². The summed E-state index contributed by atoms with van der Waals surface area (Å²) in [5.41, 5.74) is 0. The van der Waals surface area contributed by atoms with E-state index in [-0.39, 0.29) is 0 Å². The Labute approximate surface area is 150 Å². The van der Waals surface area contributed by atoms with Crippen molar-refractivity contribution in [2.75, 3.05) is 26.2 Å². The van der Waals surface area contributed by atoms with Crippen LogP contribution in [0, 0.1) is 0 Å². The standard InChI is InChI=1S/C19H32N4O2/c24-14-17-9-5-10-22(17)12-16-8-4-11-23(16)13-18-20-19(25-21-18)15-6-2-1-3-7-15/h15-17,24H,1-14H2. The molecule has 2 atom stereocenters. The number of aromatic nitrogens is 2. The average Bonchev–Trinajstić information content (AvgIpc) is 3.38. The zero-order chi connectivity index (χ0) is 17.1. The molecule has 2 saturated heterocycles. The van der Waals surface area contributed by atoms with Crippen molar-refractivity contribution in [3.63, 3.8) is 0 Å². The molecule has 1 saturated carbocycles. The first kappa shape index (κ1) is 17.4. The maximum Gasteiger partial charge on any atom is 0.229 e. The first-order chi connectivity index (χ1) is 12.3. The maximum absolute atomic E-state index is 9.55. The zero-order valence-corrected chi connectivity index (χ0v) is 15.3. The number of aliphatic hydroxyl groups excluding tert-OH is 1. The number of rotatable bonds is 6. The van der Waals surface area contributed by atoms with Crippen LogP contribution in [-0.4, -0.2) is 63.4 Å². The number of likely N-dealkylation sites (tertiary alicyclic amines) is 2. The Hall–Kier alpha value is -0.980. The predicted molar refractivity (Wildman–Crippen MR) is 95.2 cm³/mol. The lowest BCUT2D eigenvalue weighted by molar-refractivity contribution is 0.118. The highest BCUT2D eigenvalue weighted by Crippen LogP contribution is 2.32. The van der Waals surface area contributed by atoms with Crippen LogP contribution in [0.3, 0.4) is 0 Å².